The molecule has 0 radical (unpaired) electrons. The monoisotopic (exact) mass is 221 g/mol. The number of carbonyl (C=O) groups excluding carboxylic acids is 1. The summed E-state index contributed by atoms with van der Waals surface area (Å²) in [5, 5.41) is 8.95. The summed E-state index contributed by atoms with van der Waals surface area (Å²) in [6.07, 6.45) is 1.83. The molecule has 1 saturated carbocycles. The van der Waals surface area contributed by atoms with E-state index in [-0.39, 0.29) is 5.56 Å². The number of hydrogen-bond donors (Lipinski definition) is 0. The van der Waals surface area contributed by atoms with Crippen molar-refractivity contribution in [2.45, 2.75) is 19.3 Å². The first-order valence-electron chi connectivity index (χ1n) is 5.00. The normalized spacial score (nSPS) is 17.3. The van der Waals surface area contributed by atoms with E-state index in [9.17, 15) is 13.6 Å². The third kappa shape index (κ3) is 1.49. The molecule has 0 unspecified atom stereocenters. The number of hydrogen-bond acceptors (Lipinski definition) is 2. The number of ketones is 1. The van der Waals surface area contributed by atoms with Gasteiger partial charge in [0.1, 0.15) is 5.41 Å². The summed E-state index contributed by atoms with van der Waals surface area (Å²) in [6, 6.07) is 4.97. The molecule has 0 bridgehead atoms. The van der Waals surface area contributed by atoms with Gasteiger partial charge in [0.25, 0.3) is 0 Å². The number of nitriles is 1. The molecular formula is C12H9F2NO. The second-order valence-corrected chi connectivity index (χ2v) is 4.01. The van der Waals surface area contributed by atoms with Crippen molar-refractivity contribution in [3.8, 4) is 6.07 Å². The topological polar surface area (TPSA) is 40.9 Å². The maximum atomic E-state index is 12.9. The largest absolute Gasteiger partial charge is 0.292 e. The number of rotatable bonds is 2. The van der Waals surface area contributed by atoms with Gasteiger partial charge >= 0.3 is 0 Å². The van der Waals surface area contributed by atoms with Crippen LogP contribution in [0.4, 0.5) is 8.78 Å². The van der Waals surface area contributed by atoms with Crippen molar-refractivity contribution in [2.24, 2.45) is 5.41 Å². The van der Waals surface area contributed by atoms with Crippen LogP contribution in [0.1, 0.15) is 29.6 Å². The minimum absolute atomic E-state index is 0.0696. The Balaban J connectivity index is 2.35. The fourth-order valence-electron chi connectivity index (χ4n) is 1.83. The predicted molar refractivity (Wildman–Crippen MR) is 52.6 cm³/mol. The molecule has 0 N–H and O–H groups in total. The first-order valence-corrected chi connectivity index (χ1v) is 5.00. The van der Waals surface area contributed by atoms with Crippen molar-refractivity contribution in [1.29, 1.82) is 5.26 Å². The van der Waals surface area contributed by atoms with Gasteiger partial charge in [0.2, 0.25) is 0 Å². The van der Waals surface area contributed by atoms with Crippen molar-refractivity contribution in [3.63, 3.8) is 0 Å². The van der Waals surface area contributed by atoms with Gasteiger partial charge in [-0.3, -0.25) is 4.79 Å². The molecule has 16 heavy (non-hydrogen) atoms. The van der Waals surface area contributed by atoms with Crippen LogP contribution in [0.25, 0.3) is 0 Å². The predicted octanol–water partition coefficient (Wildman–Crippen LogP) is 2.84. The standard InChI is InChI=1S/C12H9F2NO/c13-9-3-2-8(6-10(9)14)11(16)12(7-15)4-1-5-12/h2-3,6H,1,4-5H2. The minimum Gasteiger partial charge on any atom is -0.292 e. The van der Waals surface area contributed by atoms with E-state index in [1.807, 2.05) is 6.07 Å². The van der Waals surface area contributed by atoms with Crippen LogP contribution in [0.15, 0.2) is 18.2 Å². The lowest BCUT2D eigenvalue weighted by molar-refractivity contribution is 0.0748. The molecule has 0 spiro atoms. The first kappa shape index (κ1) is 10.7. The molecule has 2 rings (SSSR count). The lowest BCUT2D eigenvalue weighted by Gasteiger charge is -2.33. The number of carbonyl (C=O) groups is 1. The zero-order valence-electron chi connectivity index (χ0n) is 8.46. The van der Waals surface area contributed by atoms with E-state index in [0.717, 1.165) is 18.6 Å². The summed E-state index contributed by atoms with van der Waals surface area (Å²) in [6.45, 7) is 0. The summed E-state index contributed by atoms with van der Waals surface area (Å²) in [5.74, 6) is -2.45. The Kier molecular flexibility index (Phi) is 2.47. The molecule has 82 valence electrons. The fraction of sp³-hybridized carbons (Fsp3) is 0.333. The first-order chi connectivity index (χ1) is 7.59. The van der Waals surface area contributed by atoms with Gasteiger partial charge in [-0.15, -0.1) is 0 Å². The van der Waals surface area contributed by atoms with Gasteiger partial charge in [-0.2, -0.15) is 5.26 Å². The van der Waals surface area contributed by atoms with Gasteiger partial charge in [0.15, 0.2) is 17.4 Å². The average molecular weight is 221 g/mol. The average Bonchev–Trinajstić information content (AvgIpc) is 2.21. The van der Waals surface area contributed by atoms with E-state index in [1.165, 1.54) is 6.07 Å². The van der Waals surface area contributed by atoms with Crippen LogP contribution in [-0.2, 0) is 0 Å². The van der Waals surface area contributed by atoms with E-state index in [4.69, 9.17) is 5.26 Å². The molecule has 0 aliphatic heterocycles. The van der Waals surface area contributed by atoms with Crippen molar-refractivity contribution < 1.29 is 13.6 Å². The molecule has 1 aliphatic rings. The maximum absolute atomic E-state index is 12.9. The van der Waals surface area contributed by atoms with Crippen molar-refractivity contribution in [2.75, 3.05) is 0 Å². The van der Waals surface area contributed by atoms with Crippen LogP contribution in [-0.4, -0.2) is 5.78 Å². The SMILES string of the molecule is N#CC1(C(=O)c2ccc(F)c(F)c2)CCC1. The summed E-state index contributed by atoms with van der Waals surface area (Å²) >= 11 is 0. The van der Waals surface area contributed by atoms with Gasteiger partial charge in [-0.1, -0.05) is 0 Å². The molecule has 1 aromatic rings. The molecule has 2 nitrogen and oxygen atoms in total. The zero-order valence-corrected chi connectivity index (χ0v) is 8.46. The molecule has 0 amide bonds. The third-order valence-electron chi connectivity index (χ3n) is 3.04. The molecule has 4 heteroatoms. The molecule has 0 heterocycles. The Morgan fingerprint density at radius 2 is 2.00 bits per heavy atom. The van der Waals surface area contributed by atoms with Gasteiger partial charge in [-0.25, -0.2) is 8.78 Å². The molecule has 0 atom stereocenters. The Hall–Kier alpha value is -1.76. The number of Topliss-reactive ketones (excluding diaryl/α,β-unsaturated/α-hetero) is 1. The number of halogens is 2. The third-order valence-corrected chi connectivity index (χ3v) is 3.04. The lowest BCUT2D eigenvalue weighted by Crippen LogP contribution is -2.36. The Morgan fingerprint density at radius 3 is 2.44 bits per heavy atom. The van der Waals surface area contributed by atoms with Crippen molar-refractivity contribution >= 4 is 5.78 Å². The summed E-state index contributed by atoms with van der Waals surface area (Å²) in [7, 11) is 0. The highest BCUT2D eigenvalue weighted by Gasteiger charge is 2.44. The summed E-state index contributed by atoms with van der Waals surface area (Å²) in [4.78, 5) is 11.9. The smallest absolute Gasteiger partial charge is 0.183 e. The quantitative estimate of drug-likeness (QED) is 0.720. The Labute approximate surface area is 91.5 Å². The molecule has 1 aliphatic carbocycles. The number of benzene rings is 1. The Bertz CT molecular complexity index is 486. The summed E-state index contributed by atoms with van der Waals surface area (Å²) in [5.41, 5.74) is -0.940. The second-order valence-electron chi connectivity index (χ2n) is 4.01. The van der Waals surface area contributed by atoms with Gasteiger partial charge in [0.05, 0.1) is 6.07 Å². The van der Waals surface area contributed by atoms with Crippen molar-refractivity contribution in [1.82, 2.24) is 0 Å². The van der Waals surface area contributed by atoms with E-state index in [2.05, 4.69) is 0 Å². The van der Waals surface area contributed by atoms with E-state index in [1.54, 1.807) is 0 Å². The van der Waals surface area contributed by atoms with Crippen LogP contribution in [0, 0.1) is 28.4 Å². The van der Waals surface area contributed by atoms with Gasteiger partial charge < -0.3 is 0 Å². The van der Waals surface area contributed by atoms with Crippen LogP contribution in [0.3, 0.4) is 0 Å². The van der Waals surface area contributed by atoms with Crippen molar-refractivity contribution in [3.05, 3.63) is 35.4 Å². The van der Waals surface area contributed by atoms with E-state index >= 15 is 0 Å². The van der Waals surface area contributed by atoms with Gasteiger partial charge in [0, 0.05) is 5.56 Å². The van der Waals surface area contributed by atoms with Crippen LogP contribution < -0.4 is 0 Å². The molecule has 1 aromatic carbocycles. The number of nitrogens with zero attached hydrogens (tertiary/aromatic N) is 1. The minimum atomic E-state index is -1.06. The highest BCUT2D eigenvalue weighted by Crippen LogP contribution is 2.42. The summed E-state index contributed by atoms with van der Waals surface area (Å²) < 4.78 is 25.6. The molecule has 0 aromatic heterocycles. The highest BCUT2D eigenvalue weighted by molar-refractivity contribution is 6.02. The van der Waals surface area contributed by atoms with Gasteiger partial charge in [-0.05, 0) is 37.5 Å². The van der Waals surface area contributed by atoms with E-state index in [0.29, 0.717) is 12.8 Å². The Morgan fingerprint density at radius 1 is 1.31 bits per heavy atom. The lowest BCUT2D eigenvalue weighted by atomic mass is 9.65. The molecular weight excluding hydrogens is 212 g/mol. The van der Waals surface area contributed by atoms with Crippen LogP contribution in [0.5, 0.6) is 0 Å². The second kappa shape index (κ2) is 3.67. The molecule has 0 saturated heterocycles. The fourth-order valence-corrected chi connectivity index (χ4v) is 1.83. The van der Waals surface area contributed by atoms with Crippen LogP contribution >= 0.6 is 0 Å². The van der Waals surface area contributed by atoms with E-state index < -0.39 is 22.8 Å². The maximum Gasteiger partial charge on any atom is 0.183 e. The highest BCUT2D eigenvalue weighted by atomic mass is 19.2. The van der Waals surface area contributed by atoms with Crippen LogP contribution in [0.2, 0.25) is 0 Å². The zero-order chi connectivity index (χ0) is 11.8. The molecule has 1 fully saturated rings.